The SMILES string of the molecule is CCCNC(c1cc(C)cc(Cl)c1)c1cc(C)c(Cl)s1. The Hall–Kier alpha value is -0.540. The van der Waals surface area contributed by atoms with Crippen LogP contribution in [0.2, 0.25) is 9.36 Å². The van der Waals surface area contributed by atoms with Crippen LogP contribution in [0.1, 0.15) is 41.0 Å². The molecule has 1 unspecified atom stereocenters. The molecule has 0 fully saturated rings. The Morgan fingerprint density at radius 3 is 2.45 bits per heavy atom. The first-order chi connectivity index (χ1) is 9.51. The van der Waals surface area contributed by atoms with Crippen LogP contribution >= 0.6 is 34.5 Å². The maximum Gasteiger partial charge on any atom is 0.0961 e. The summed E-state index contributed by atoms with van der Waals surface area (Å²) in [4.78, 5) is 1.24. The molecule has 0 bridgehead atoms. The Bertz CT molecular complexity index is 552. The van der Waals surface area contributed by atoms with Gasteiger partial charge in [0.15, 0.2) is 0 Å². The maximum atomic E-state index is 6.22. The highest BCUT2D eigenvalue weighted by Gasteiger charge is 2.17. The van der Waals surface area contributed by atoms with Crippen LogP contribution in [0.4, 0.5) is 0 Å². The molecule has 1 heterocycles. The van der Waals surface area contributed by atoms with Gasteiger partial charge in [-0.05, 0) is 61.7 Å². The van der Waals surface area contributed by atoms with E-state index in [1.165, 1.54) is 16.0 Å². The van der Waals surface area contributed by atoms with Gasteiger partial charge >= 0.3 is 0 Å². The molecular weight excluding hydrogens is 309 g/mol. The summed E-state index contributed by atoms with van der Waals surface area (Å²) in [6, 6.07) is 8.52. The van der Waals surface area contributed by atoms with Crippen molar-refractivity contribution < 1.29 is 0 Å². The third kappa shape index (κ3) is 3.76. The Labute approximate surface area is 134 Å². The minimum absolute atomic E-state index is 0.156. The van der Waals surface area contributed by atoms with Gasteiger partial charge in [0, 0.05) is 9.90 Å². The van der Waals surface area contributed by atoms with E-state index in [4.69, 9.17) is 23.2 Å². The van der Waals surface area contributed by atoms with Crippen LogP contribution in [0.3, 0.4) is 0 Å². The molecule has 0 aliphatic rings. The number of hydrogen-bond donors (Lipinski definition) is 1. The van der Waals surface area contributed by atoms with Crippen molar-refractivity contribution in [2.24, 2.45) is 0 Å². The lowest BCUT2D eigenvalue weighted by atomic mass is 10.0. The second kappa shape index (κ2) is 6.95. The summed E-state index contributed by atoms with van der Waals surface area (Å²) in [5, 5.41) is 4.37. The number of thiophene rings is 1. The van der Waals surface area contributed by atoms with E-state index in [1.807, 2.05) is 19.1 Å². The van der Waals surface area contributed by atoms with Gasteiger partial charge < -0.3 is 5.32 Å². The zero-order chi connectivity index (χ0) is 14.7. The highest BCUT2D eigenvalue weighted by Crippen LogP contribution is 2.35. The first-order valence-electron chi connectivity index (χ1n) is 6.77. The molecule has 0 amide bonds. The maximum absolute atomic E-state index is 6.22. The Morgan fingerprint density at radius 1 is 1.15 bits per heavy atom. The summed E-state index contributed by atoms with van der Waals surface area (Å²) < 4.78 is 0.863. The first-order valence-corrected chi connectivity index (χ1v) is 8.34. The fourth-order valence-corrected chi connectivity index (χ4v) is 3.85. The lowest BCUT2D eigenvalue weighted by Gasteiger charge is -2.18. The van der Waals surface area contributed by atoms with Gasteiger partial charge in [-0.1, -0.05) is 36.2 Å². The summed E-state index contributed by atoms with van der Waals surface area (Å²) in [6.07, 6.45) is 1.09. The van der Waals surface area contributed by atoms with Crippen molar-refractivity contribution in [2.75, 3.05) is 6.54 Å². The number of nitrogens with one attached hydrogen (secondary N) is 1. The van der Waals surface area contributed by atoms with Crippen molar-refractivity contribution in [3.63, 3.8) is 0 Å². The number of aryl methyl sites for hydroxylation is 2. The van der Waals surface area contributed by atoms with E-state index in [9.17, 15) is 0 Å². The van der Waals surface area contributed by atoms with Crippen molar-refractivity contribution in [3.8, 4) is 0 Å². The highest BCUT2D eigenvalue weighted by molar-refractivity contribution is 7.16. The second-order valence-corrected chi connectivity index (χ2v) is 7.18. The average molecular weight is 328 g/mol. The van der Waals surface area contributed by atoms with E-state index < -0.39 is 0 Å². The van der Waals surface area contributed by atoms with E-state index in [0.29, 0.717) is 0 Å². The summed E-state index contributed by atoms with van der Waals surface area (Å²) in [7, 11) is 0. The summed E-state index contributed by atoms with van der Waals surface area (Å²) in [6.45, 7) is 7.24. The van der Waals surface area contributed by atoms with Gasteiger partial charge in [0.2, 0.25) is 0 Å². The summed E-state index contributed by atoms with van der Waals surface area (Å²) >= 11 is 14.1. The molecule has 0 aliphatic carbocycles. The molecule has 1 nitrogen and oxygen atoms in total. The van der Waals surface area contributed by atoms with Gasteiger partial charge in [-0.15, -0.1) is 11.3 Å². The van der Waals surface area contributed by atoms with Crippen molar-refractivity contribution >= 4 is 34.5 Å². The molecule has 0 spiro atoms. The first kappa shape index (κ1) is 15.8. The average Bonchev–Trinajstić information content (AvgIpc) is 2.69. The van der Waals surface area contributed by atoms with Crippen molar-refractivity contribution in [1.29, 1.82) is 0 Å². The number of rotatable bonds is 5. The molecular formula is C16H19Cl2NS. The molecule has 1 N–H and O–H groups in total. The predicted octanol–water partition coefficient (Wildman–Crippen LogP) is 5.76. The quantitative estimate of drug-likeness (QED) is 0.736. The van der Waals surface area contributed by atoms with Crippen LogP contribution in [0.5, 0.6) is 0 Å². The molecule has 0 saturated carbocycles. The molecule has 1 atom stereocenters. The molecule has 1 aromatic carbocycles. The Balaban J connectivity index is 2.40. The molecule has 1 aromatic heterocycles. The second-order valence-electron chi connectivity index (χ2n) is 5.05. The van der Waals surface area contributed by atoms with E-state index in [2.05, 4.69) is 31.3 Å². The Kier molecular flexibility index (Phi) is 5.50. The van der Waals surface area contributed by atoms with Gasteiger partial charge in [0.1, 0.15) is 0 Å². The van der Waals surface area contributed by atoms with Crippen LogP contribution in [0.25, 0.3) is 0 Å². The number of halogens is 2. The number of hydrogen-bond acceptors (Lipinski definition) is 2. The molecule has 0 aliphatic heterocycles. The lowest BCUT2D eigenvalue weighted by molar-refractivity contribution is 0.605. The molecule has 2 aromatic rings. The largest absolute Gasteiger partial charge is 0.306 e. The fraction of sp³-hybridized carbons (Fsp3) is 0.375. The fourth-order valence-electron chi connectivity index (χ4n) is 2.23. The summed E-state index contributed by atoms with van der Waals surface area (Å²) in [5.41, 5.74) is 3.50. The van der Waals surface area contributed by atoms with E-state index in [1.54, 1.807) is 11.3 Å². The van der Waals surface area contributed by atoms with Crippen molar-refractivity contribution in [2.45, 2.75) is 33.2 Å². The third-order valence-electron chi connectivity index (χ3n) is 3.16. The molecule has 0 radical (unpaired) electrons. The standard InChI is InChI=1S/C16H19Cl2NS/c1-4-5-19-15(14-8-11(3)16(18)20-14)12-6-10(2)7-13(17)9-12/h6-9,15,19H,4-5H2,1-3H3. The normalized spacial score (nSPS) is 12.7. The van der Waals surface area contributed by atoms with Gasteiger partial charge in [0.25, 0.3) is 0 Å². The minimum atomic E-state index is 0.156. The van der Waals surface area contributed by atoms with Crippen molar-refractivity contribution in [1.82, 2.24) is 5.32 Å². The molecule has 4 heteroatoms. The number of benzene rings is 1. The van der Waals surface area contributed by atoms with E-state index in [-0.39, 0.29) is 6.04 Å². The van der Waals surface area contributed by atoms with Crippen LogP contribution in [-0.4, -0.2) is 6.54 Å². The van der Waals surface area contributed by atoms with Crippen LogP contribution in [-0.2, 0) is 0 Å². The molecule has 108 valence electrons. The minimum Gasteiger partial charge on any atom is -0.306 e. The van der Waals surface area contributed by atoms with Crippen LogP contribution < -0.4 is 5.32 Å². The lowest BCUT2D eigenvalue weighted by Crippen LogP contribution is -2.22. The van der Waals surface area contributed by atoms with E-state index >= 15 is 0 Å². The predicted molar refractivity (Wildman–Crippen MR) is 90.4 cm³/mol. The summed E-state index contributed by atoms with van der Waals surface area (Å²) in [5.74, 6) is 0. The van der Waals surface area contributed by atoms with Crippen molar-refractivity contribution in [3.05, 3.63) is 55.2 Å². The van der Waals surface area contributed by atoms with Crippen LogP contribution in [0, 0.1) is 13.8 Å². The van der Waals surface area contributed by atoms with Crippen LogP contribution in [0.15, 0.2) is 24.3 Å². The topological polar surface area (TPSA) is 12.0 Å². The van der Waals surface area contributed by atoms with Gasteiger partial charge in [0.05, 0.1) is 10.4 Å². The monoisotopic (exact) mass is 327 g/mol. The van der Waals surface area contributed by atoms with Gasteiger partial charge in [-0.3, -0.25) is 0 Å². The molecule has 0 saturated heterocycles. The highest BCUT2D eigenvalue weighted by atomic mass is 35.5. The van der Waals surface area contributed by atoms with Gasteiger partial charge in [-0.25, -0.2) is 0 Å². The smallest absolute Gasteiger partial charge is 0.0961 e. The molecule has 2 rings (SSSR count). The van der Waals surface area contributed by atoms with E-state index in [0.717, 1.165) is 27.9 Å². The molecule has 20 heavy (non-hydrogen) atoms. The zero-order valence-electron chi connectivity index (χ0n) is 12.0. The third-order valence-corrected chi connectivity index (χ3v) is 5.00. The Morgan fingerprint density at radius 2 is 1.90 bits per heavy atom. The zero-order valence-corrected chi connectivity index (χ0v) is 14.3. The van der Waals surface area contributed by atoms with Gasteiger partial charge in [-0.2, -0.15) is 0 Å².